The van der Waals surface area contributed by atoms with E-state index in [4.69, 9.17) is 14.6 Å². The topological polar surface area (TPSA) is 78.9 Å². The maximum Gasteiger partial charge on any atom is 0.490 e. The molecular formula is C19H25F3N2O4S. The smallest absolute Gasteiger partial charge is 0.475 e. The normalized spacial score (nSPS) is 26.9. The molecule has 1 amide bonds. The van der Waals surface area contributed by atoms with Gasteiger partial charge in [-0.15, -0.1) is 11.3 Å². The molecule has 0 unspecified atom stereocenters. The standard InChI is InChI=1S/C17H24N2O2S.C2HF3O2/c20-17(18-9-14-2-1-7-22-14)15-8-13-5-6-19(10-12-3-4-12)11-16(13)21-15;3-2(4,5)1(6)7/h1-2,7,12-13,15-16H,3-6,8-11H2,(H,18,20);(H,6,7)/t13-,15-,16+;/m0./s1. The van der Waals surface area contributed by atoms with Gasteiger partial charge in [-0.3, -0.25) is 4.79 Å². The van der Waals surface area contributed by atoms with Gasteiger partial charge in [0.2, 0.25) is 5.91 Å². The van der Waals surface area contributed by atoms with Crippen LogP contribution in [0.1, 0.15) is 30.6 Å². The van der Waals surface area contributed by atoms with E-state index in [-0.39, 0.29) is 18.1 Å². The van der Waals surface area contributed by atoms with Crippen molar-refractivity contribution in [3.63, 3.8) is 0 Å². The fourth-order valence-corrected chi connectivity index (χ4v) is 4.34. The van der Waals surface area contributed by atoms with Crippen LogP contribution < -0.4 is 5.32 Å². The molecule has 0 radical (unpaired) electrons. The van der Waals surface area contributed by atoms with Gasteiger partial charge in [-0.1, -0.05) is 6.07 Å². The average molecular weight is 434 g/mol. The van der Waals surface area contributed by atoms with E-state index in [0.29, 0.717) is 12.5 Å². The van der Waals surface area contributed by atoms with Gasteiger partial charge in [0.25, 0.3) is 0 Å². The molecule has 3 heterocycles. The number of alkyl halides is 3. The van der Waals surface area contributed by atoms with Crippen molar-refractivity contribution in [2.75, 3.05) is 19.6 Å². The molecule has 3 atom stereocenters. The third-order valence-corrected chi connectivity index (χ3v) is 6.28. The van der Waals surface area contributed by atoms with Gasteiger partial charge in [-0.25, -0.2) is 4.79 Å². The van der Waals surface area contributed by atoms with Crippen molar-refractivity contribution in [2.45, 2.75) is 50.6 Å². The predicted octanol–water partition coefficient (Wildman–Crippen LogP) is 2.89. The number of rotatable bonds is 5. The van der Waals surface area contributed by atoms with E-state index in [1.807, 2.05) is 11.4 Å². The maximum absolute atomic E-state index is 12.3. The summed E-state index contributed by atoms with van der Waals surface area (Å²) in [5, 5.41) is 12.2. The molecule has 10 heteroatoms. The van der Waals surface area contributed by atoms with Crippen molar-refractivity contribution in [3.05, 3.63) is 22.4 Å². The first-order valence-electron chi connectivity index (χ1n) is 9.70. The van der Waals surface area contributed by atoms with E-state index in [9.17, 15) is 18.0 Å². The van der Waals surface area contributed by atoms with Crippen molar-refractivity contribution in [1.29, 1.82) is 0 Å². The van der Waals surface area contributed by atoms with E-state index in [2.05, 4.69) is 16.3 Å². The van der Waals surface area contributed by atoms with Gasteiger partial charge >= 0.3 is 12.1 Å². The third-order valence-electron chi connectivity index (χ3n) is 5.40. The van der Waals surface area contributed by atoms with Gasteiger partial charge in [0, 0.05) is 18.0 Å². The summed E-state index contributed by atoms with van der Waals surface area (Å²) in [6.45, 7) is 4.07. The Morgan fingerprint density at radius 2 is 2.03 bits per heavy atom. The first kappa shape index (κ1) is 22.0. The number of ether oxygens (including phenoxy) is 1. The lowest BCUT2D eigenvalue weighted by Crippen LogP contribution is -2.43. The quantitative estimate of drug-likeness (QED) is 0.745. The van der Waals surface area contributed by atoms with E-state index in [0.717, 1.165) is 18.9 Å². The average Bonchev–Trinajstić information content (AvgIpc) is 3.16. The number of carbonyl (C=O) groups excluding carboxylic acids is 1. The van der Waals surface area contributed by atoms with Crippen LogP contribution in [-0.4, -0.2) is 59.9 Å². The summed E-state index contributed by atoms with van der Waals surface area (Å²) in [5.74, 6) is -1.18. The lowest BCUT2D eigenvalue weighted by Gasteiger charge is -2.34. The second-order valence-corrected chi connectivity index (χ2v) is 8.78. The molecule has 0 spiro atoms. The summed E-state index contributed by atoms with van der Waals surface area (Å²) in [7, 11) is 0. The zero-order valence-electron chi connectivity index (χ0n) is 15.9. The molecule has 1 aromatic rings. The summed E-state index contributed by atoms with van der Waals surface area (Å²) in [6.07, 6.45) is -0.163. The van der Waals surface area contributed by atoms with E-state index in [1.54, 1.807) is 11.3 Å². The lowest BCUT2D eigenvalue weighted by molar-refractivity contribution is -0.192. The number of carbonyl (C=O) groups is 2. The van der Waals surface area contributed by atoms with Crippen molar-refractivity contribution in [1.82, 2.24) is 10.2 Å². The van der Waals surface area contributed by atoms with Crippen LogP contribution >= 0.6 is 11.3 Å². The number of halogens is 3. The molecule has 6 nitrogen and oxygen atoms in total. The lowest BCUT2D eigenvalue weighted by atomic mass is 9.91. The number of hydrogen-bond donors (Lipinski definition) is 2. The number of piperidine rings is 1. The molecule has 2 N–H and O–H groups in total. The highest BCUT2D eigenvalue weighted by Gasteiger charge is 2.42. The van der Waals surface area contributed by atoms with Gasteiger partial charge in [-0.2, -0.15) is 13.2 Å². The van der Waals surface area contributed by atoms with Crippen LogP contribution in [0.3, 0.4) is 0 Å². The third kappa shape index (κ3) is 6.68. The van der Waals surface area contributed by atoms with E-state index in [1.165, 1.54) is 37.2 Å². The van der Waals surface area contributed by atoms with Crippen LogP contribution in [-0.2, 0) is 20.9 Å². The highest BCUT2D eigenvalue weighted by molar-refractivity contribution is 7.09. The van der Waals surface area contributed by atoms with Crippen LogP contribution in [0.4, 0.5) is 13.2 Å². The first-order chi connectivity index (χ1) is 13.7. The zero-order valence-corrected chi connectivity index (χ0v) is 16.7. The summed E-state index contributed by atoms with van der Waals surface area (Å²) in [5.41, 5.74) is 0. The van der Waals surface area contributed by atoms with Crippen molar-refractivity contribution >= 4 is 23.2 Å². The summed E-state index contributed by atoms with van der Waals surface area (Å²) < 4.78 is 37.8. The molecule has 0 bridgehead atoms. The minimum atomic E-state index is -5.08. The summed E-state index contributed by atoms with van der Waals surface area (Å²) in [4.78, 5) is 24.9. The number of likely N-dealkylation sites (tertiary alicyclic amines) is 1. The van der Waals surface area contributed by atoms with Gasteiger partial charge in [0.05, 0.1) is 12.6 Å². The fourth-order valence-electron chi connectivity index (χ4n) is 3.70. The number of nitrogens with one attached hydrogen (secondary N) is 1. The van der Waals surface area contributed by atoms with Gasteiger partial charge < -0.3 is 20.1 Å². The van der Waals surface area contributed by atoms with Crippen molar-refractivity contribution < 1.29 is 32.6 Å². The molecule has 1 saturated carbocycles. The van der Waals surface area contributed by atoms with Crippen molar-refractivity contribution in [2.24, 2.45) is 11.8 Å². The minimum absolute atomic E-state index is 0.0662. The van der Waals surface area contributed by atoms with Crippen LogP contribution in [0.5, 0.6) is 0 Å². The Morgan fingerprint density at radius 3 is 2.62 bits per heavy atom. The Labute approximate surface area is 171 Å². The molecule has 3 aliphatic rings. The van der Waals surface area contributed by atoms with E-state index >= 15 is 0 Å². The fraction of sp³-hybridized carbons (Fsp3) is 0.684. The molecule has 0 aromatic carbocycles. The van der Waals surface area contributed by atoms with Crippen LogP contribution in [0.15, 0.2) is 17.5 Å². The van der Waals surface area contributed by atoms with Gasteiger partial charge in [0.1, 0.15) is 6.10 Å². The zero-order chi connectivity index (χ0) is 21.0. The van der Waals surface area contributed by atoms with Gasteiger partial charge in [-0.05, 0) is 55.5 Å². The second-order valence-electron chi connectivity index (χ2n) is 7.75. The second kappa shape index (κ2) is 9.44. The highest BCUT2D eigenvalue weighted by Crippen LogP contribution is 2.36. The van der Waals surface area contributed by atoms with Crippen molar-refractivity contribution in [3.8, 4) is 0 Å². The van der Waals surface area contributed by atoms with Crippen LogP contribution in [0.25, 0.3) is 0 Å². The summed E-state index contributed by atoms with van der Waals surface area (Å²) >= 11 is 1.68. The number of amides is 1. The monoisotopic (exact) mass is 434 g/mol. The largest absolute Gasteiger partial charge is 0.490 e. The molecule has 162 valence electrons. The summed E-state index contributed by atoms with van der Waals surface area (Å²) in [6, 6.07) is 4.07. The Hall–Kier alpha value is -1.65. The number of hydrogen-bond acceptors (Lipinski definition) is 5. The number of aliphatic carboxylic acids is 1. The number of thiophene rings is 1. The SMILES string of the molecule is O=C(NCc1cccs1)[C@@H]1C[C@@H]2CCN(CC3CC3)C[C@H]2O1.O=C(O)C(F)(F)F. The molecular weight excluding hydrogens is 409 g/mol. The Balaban J connectivity index is 0.000000298. The van der Waals surface area contributed by atoms with E-state index < -0.39 is 12.1 Å². The number of carboxylic acid groups (broad SMARTS) is 1. The van der Waals surface area contributed by atoms with Crippen LogP contribution in [0.2, 0.25) is 0 Å². The predicted molar refractivity (Wildman–Crippen MR) is 100 cm³/mol. The molecule has 2 aliphatic heterocycles. The number of carboxylic acids is 1. The molecule has 1 aromatic heterocycles. The maximum atomic E-state index is 12.3. The molecule has 2 saturated heterocycles. The number of nitrogens with zero attached hydrogens (tertiary/aromatic N) is 1. The Morgan fingerprint density at radius 1 is 1.31 bits per heavy atom. The highest BCUT2D eigenvalue weighted by atomic mass is 32.1. The van der Waals surface area contributed by atoms with Gasteiger partial charge in [0.15, 0.2) is 0 Å². The Kier molecular flexibility index (Phi) is 7.18. The molecule has 3 fully saturated rings. The molecule has 1 aliphatic carbocycles. The molecule has 4 rings (SSSR count). The minimum Gasteiger partial charge on any atom is -0.475 e. The first-order valence-corrected chi connectivity index (χ1v) is 10.6. The molecule has 29 heavy (non-hydrogen) atoms. The Bertz CT molecular complexity index is 694. The number of fused-ring (bicyclic) bond motifs is 1. The van der Waals surface area contributed by atoms with Crippen LogP contribution in [0, 0.1) is 11.8 Å².